The number of nitrogens with one attached hydrogen (secondary N) is 1. The molecule has 3 N–H and O–H groups in total. The molecule has 1 fully saturated rings. The van der Waals surface area contributed by atoms with Crippen molar-refractivity contribution in [3.63, 3.8) is 0 Å². The molecule has 0 aliphatic carbocycles. The maximum Gasteiger partial charge on any atom is 0.273 e. The molecule has 1 amide bonds. The number of carbonyl (C=O) groups is 1. The third kappa shape index (κ3) is 3.28. The lowest BCUT2D eigenvalue weighted by Gasteiger charge is -2.15. The molecule has 7 heteroatoms. The number of hydrogen-bond donors (Lipinski definition) is 2. The Morgan fingerprint density at radius 1 is 1.32 bits per heavy atom. The Bertz CT molecular complexity index is 902. The van der Waals surface area contributed by atoms with Gasteiger partial charge in [-0.25, -0.2) is 4.98 Å². The summed E-state index contributed by atoms with van der Waals surface area (Å²) in [5.41, 5.74) is 7.50. The molecule has 1 aliphatic heterocycles. The lowest BCUT2D eigenvalue weighted by atomic mass is 10.2. The van der Waals surface area contributed by atoms with Crippen LogP contribution in [0, 0.1) is 0 Å². The summed E-state index contributed by atoms with van der Waals surface area (Å²) in [6.07, 6.45) is 5.70. The Balaban J connectivity index is 1.63. The summed E-state index contributed by atoms with van der Waals surface area (Å²) < 4.78 is 0.976. The molecule has 25 heavy (non-hydrogen) atoms. The molecule has 0 unspecified atom stereocenters. The first kappa shape index (κ1) is 15.8. The van der Waals surface area contributed by atoms with Crippen molar-refractivity contribution < 1.29 is 4.79 Å². The SMILES string of the molecule is Nc1cc2sc(NCc3cccnc3)cc2c(C(=O)N2CCCC2)n1. The van der Waals surface area contributed by atoms with Gasteiger partial charge < -0.3 is 16.0 Å². The van der Waals surface area contributed by atoms with Crippen LogP contribution in [-0.4, -0.2) is 33.9 Å². The van der Waals surface area contributed by atoms with E-state index in [1.807, 2.05) is 35.4 Å². The van der Waals surface area contributed by atoms with Crippen LogP contribution in [0.15, 0.2) is 36.7 Å². The van der Waals surface area contributed by atoms with Gasteiger partial charge in [0.1, 0.15) is 11.5 Å². The average Bonchev–Trinajstić information content (AvgIpc) is 3.29. The summed E-state index contributed by atoms with van der Waals surface area (Å²) in [5.74, 6) is 0.363. The average molecular weight is 353 g/mol. The molecular weight excluding hydrogens is 334 g/mol. The molecule has 0 spiro atoms. The lowest BCUT2D eigenvalue weighted by Crippen LogP contribution is -2.28. The van der Waals surface area contributed by atoms with Crippen LogP contribution in [0.25, 0.3) is 10.1 Å². The van der Waals surface area contributed by atoms with Gasteiger partial charge in [0.2, 0.25) is 0 Å². The van der Waals surface area contributed by atoms with Crippen molar-refractivity contribution >= 4 is 38.1 Å². The number of aromatic nitrogens is 2. The summed E-state index contributed by atoms with van der Waals surface area (Å²) in [7, 11) is 0. The Morgan fingerprint density at radius 3 is 2.92 bits per heavy atom. The summed E-state index contributed by atoms with van der Waals surface area (Å²) in [5, 5.41) is 5.24. The number of nitrogen functional groups attached to an aromatic ring is 1. The molecule has 0 radical (unpaired) electrons. The van der Waals surface area contributed by atoms with Gasteiger partial charge in [-0.15, -0.1) is 11.3 Å². The van der Waals surface area contributed by atoms with E-state index in [9.17, 15) is 4.79 Å². The number of nitrogens with zero attached hydrogens (tertiary/aromatic N) is 3. The second kappa shape index (κ2) is 6.68. The van der Waals surface area contributed by atoms with E-state index >= 15 is 0 Å². The van der Waals surface area contributed by atoms with Crippen LogP contribution < -0.4 is 11.1 Å². The van der Waals surface area contributed by atoms with Crippen molar-refractivity contribution in [1.29, 1.82) is 0 Å². The quantitative estimate of drug-likeness (QED) is 0.753. The number of hydrogen-bond acceptors (Lipinski definition) is 6. The molecule has 0 saturated carbocycles. The Hall–Kier alpha value is -2.67. The van der Waals surface area contributed by atoms with Crippen molar-refractivity contribution in [1.82, 2.24) is 14.9 Å². The molecule has 1 aliphatic rings. The number of amides is 1. The molecule has 4 rings (SSSR count). The number of likely N-dealkylation sites (tertiary alicyclic amines) is 1. The van der Waals surface area contributed by atoms with Gasteiger partial charge in [0.05, 0.1) is 5.00 Å². The lowest BCUT2D eigenvalue weighted by molar-refractivity contribution is 0.0789. The van der Waals surface area contributed by atoms with Gasteiger partial charge in [0.25, 0.3) is 5.91 Å². The van der Waals surface area contributed by atoms with Crippen LogP contribution in [0.4, 0.5) is 10.8 Å². The fraction of sp³-hybridized carbons (Fsp3) is 0.278. The highest BCUT2D eigenvalue weighted by Crippen LogP contribution is 2.33. The first-order chi connectivity index (χ1) is 12.2. The summed E-state index contributed by atoms with van der Waals surface area (Å²) >= 11 is 1.58. The summed E-state index contributed by atoms with van der Waals surface area (Å²) in [6, 6.07) is 7.76. The van der Waals surface area contributed by atoms with Crippen molar-refractivity contribution in [2.45, 2.75) is 19.4 Å². The Labute approximate surface area is 149 Å². The summed E-state index contributed by atoms with van der Waals surface area (Å²) in [6.45, 7) is 2.28. The molecule has 6 nitrogen and oxygen atoms in total. The smallest absolute Gasteiger partial charge is 0.273 e. The van der Waals surface area contributed by atoms with Crippen LogP contribution in [0.1, 0.15) is 28.9 Å². The van der Waals surface area contributed by atoms with Crippen molar-refractivity contribution in [2.24, 2.45) is 0 Å². The third-order valence-corrected chi connectivity index (χ3v) is 5.36. The molecule has 0 bridgehead atoms. The van der Waals surface area contributed by atoms with Crippen molar-refractivity contribution in [3.05, 3.63) is 47.9 Å². The number of thiophene rings is 1. The van der Waals surface area contributed by atoms with E-state index in [0.29, 0.717) is 18.1 Å². The van der Waals surface area contributed by atoms with Crippen LogP contribution in [0.5, 0.6) is 0 Å². The second-order valence-electron chi connectivity index (χ2n) is 6.13. The van der Waals surface area contributed by atoms with Gasteiger partial charge in [-0.1, -0.05) is 6.07 Å². The normalized spacial score (nSPS) is 14.2. The minimum atomic E-state index is -0.0218. The number of fused-ring (bicyclic) bond motifs is 1. The third-order valence-electron chi connectivity index (χ3n) is 4.32. The fourth-order valence-corrected chi connectivity index (χ4v) is 4.07. The van der Waals surface area contributed by atoms with E-state index < -0.39 is 0 Å². The van der Waals surface area contributed by atoms with E-state index in [2.05, 4.69) is 15.3 Å². The van der Waals surface area contributed by atoms with E-state index in [4.69, 9.17) is 5.73 Å². The van der Waals surface area contributed by atoms with E-state index in [-0.39, 0.29) is 5.91 Å². The van der Waals surface area contributed by atoms with Gasteiger partial charge in [-0.3, -0.25) is 9.78 Å². The number of rotatable bonds is 4. The predicted molar refractivity (Wildman–Crippen MR) is 101 cm³/mol. The maximum atomic E-state index is 12.8. The van der Waals surface area contributed by atoms with E-state index in [1.165, 1.54) is 0 Å². The molecule has 0 atom stereocenters. The molecular formula is C18H19N5OS. The van der Waals surface area contributed by atoms with Gasteiger partial charge in [-0.2, -0.15) is 0 Å². The second-order valence-corrected chi connectivity index (χ2v) is 7.22. The number of anilines is 2. The minimum Gasteiger partial charge on any atom is -0.384 e. The van der Waals surface area contributed by atoms with Gasteiger partial charge >= 0.3 is 0 Å². The topological polar surface area (TPSA) is 84.1 Å². The maximum absolute atomic E-state index is 12.8. The minimum absolute atomic E-state index is 0.0218. The summed E-state index contributed by atoms with van der Waals surface area (Å²) in [4.78, 5) is 23.1. The standard InChI is InChI=1S/C18H19N5OS/c19-15-9-14-13(17(22-15)18(24)23-6-1-2-7-23)8-16(25-14)21-11-12-4-3-5-20-10-12/h3-5,8-10,21H,1-2,6-7,11H2,(H2,19,22). The van der Waals surface area contributed by atoms with E-state index in [0.717, 1.165) is 46.6 Å². The highest BCUT2D eigenvalue weighted by molar-refractivity contribution is 7.22. The van der Waals surface area contributed by atoms with Crippen LogP contribution in [0.2, 0.25) is 0 Å². The van der Waals surface area contributed by atoms with Crippen LogP contribution in [-0.2, 0) is 6.54 Å². The largest absolute Gasteiger partial charge is 0.384 e. The number of carbonyl (C=O) groups excluding carboxylic acids is 1. The van der Waals surface area contributed by atoms with Gasteiger partial charge in [0, 0.05) is 42.1 Å². The van der Waals surface area contributed by atoms with Crippen LogP contribution in [0.3, 0.4) is 0 Å². The molecule has 0 aromatic carbocycles. The van der Waals surface area contributed by atoms with E-state index in [1.54, 1.807) is 17.5 Å². The zero-order chi connectivity index (χ0) is 17.2. The fourth-order valence-electron chi connectivity index (χ4n) is 3.07. The van der Waals surface area contributed by atoms with Crippen molar-refractivity contribution in [2.75, 3.05) is 24.1 Å². The molecule has 3 aromatic rings. The zero-order valence-electron chi connectivity index (χ0n) is 13.7. The predicted octanol–water partition coefficient (Wildman–Crippen LogP) is 3.12. The van der Waals surface area contributed by atoms with Crippen molar-refractivity contribution in [3.8, 4) is 0 Å². The first-order valence-corrected chi connectivity index (χ1v) is 9.14. The first-order valence-electron chi connectivity index (χ1n) is 8.33. The highest BCUT2D eigenvalue weighted by atomic mass is 32.1. The number of pyridine rings is 2. The molecule has 3 aromatic heterocycles. The monoisotopic (exact) mass is 353 g/mol. The Morgan fingerprint density at radius 2 is 2.16 bits per heavy atom. The Kier molecular flexibility index (Phi) is 4.23. The number of nitrogens with two attached hydrogens (primary N) is 1. The molecule has 128 valence electrons. The zero-order valence-corrected chi connectivity index (χ0v) is 14.6. The van der Waals surface area contributed by atoms with Crippen LogP contribution >= 0.6 is 11.3 Å². The highest BCUT2D eigenvalue weighted by Gasteiger charge is 2.23. The molecule has 1 saturated heterocycles. The van der Waals surface area contributed by atoms with Gasteiger partial charge in [-0.05, 0) is 36.6 Å². The molecule has 4 heterocycles. The van der Waals surface area contributed by atoms with Gasteiger partial charge in [0.15, 0.2) is 0 Å².